The Morgan fingerprint density at radius 3 is 2.35 bits per heavy atom. The molecule has 1 aliphatic heterocycles. The lowest BCUT2D eigenvalue weighted by Crippen LogP contribution is -2.39. The number of rotatable bonds is 4. The number of anilines is 1. The zero-order chi connectivity index (χ0) is 15.0. The Kier molecular flexibility index (Phi) is 4.04. The van der Waals surface area contributed by atoms with Crippen LogP contribution in [0, 0.1) is 0 Å². The normalized spacial score (nSPS) is 18.1. The molecular formula is C9H17N5O4S2. The maximum Gasteiger partial charge on any atom is 0.302 e. The van der Waals surface area contributed by atoms with Crippen molar-refractivity contribution in [2.75, 3.05) is 17.8 Å². The molecule has 1 aliphatic rings. The summed E-state index contributed by atoms with van der Waals surface area (Å²) in [7, 11) is -6.38. The molecule has 2 heterocycles. The Hall–Kier alpha value is -1.17. The van der Waals surface area contributed by atoms with Gasteiger partial charge in [0.1, 0.15) is 4.90 Å². The van der Waals surface area contributed by atoms with Crippen LogP contribution in [0.25, 0.3) is 0 Å². The summed E-state index contributed by atoms with van der Waals surface area (Å²) >= 11 is 0. The second-order valence-electron chi connectivity index (χ2n) is 4.63. The number of aryl methyl sites for hydroxylation is 1. The first-order valence-electron chi connectivity index (χ1n) is 6.04. The van der Waals surface area contributed by atoms with Gasteiger partial charge in [-0.05, 0) is 12.8 Å². The van der Waals surface area contributed by atoms with Gasteiger partial charge in [0.15, 0.2) is 5.82 Å². The van der Waals surface area contributed by atoms with E-state index in [-0.39, 0.29) is 10.7 Å². The number of aromatic nitrogens is 2. The fraction of sp³-hybridized carbons (Fsp3) is 0.667. The van der Waals surface area contributed by atoms with E-state index < -0.39 is 20.2 Å². The summed E-state index contributed by atoms with van der Waals surface area (Å²) in [5.41, 5.74) is 0. The van der Waals surface area contributed by atoms with Crippen molar-refractivity contribution >= 4 is 26.1 Å². The SMILES string of the molecule is Cn1cc(S(N)(=O)=O)c(NS(=O)(=O)N2CCCCC2)n1. The Balaban J connectivity index is 2.30. The molecule has 0 amide bonds. The van der Waals surface area contributed by atoms with Crippen molar-refractivity contribution in [1.29, 1.82) is 0 Å². The van der Waals surface area contributed by atoms with Gasteiger partial charge in [-0.2, -0.15) is 17.8 Å². The topological polar surface area (TPSA) is 127 Å². The van der Waals surface area contributed by atoms with Gasteiger partial charge in [-0.25, -0.2) is 13.6 Å². The van der Waals surface area contributed by atoms with E-state index in [1.165, 1.54) is 16.0 Å². The summed E-state index contributed by atoms with van der Waals surface area (Å²) in [4.78, 5) is -0.347. The monoisotopic (exact) mass is 323 g/mol. The van der Waals surface area contributed by atoms with Crippen molar-refractivity contribution in [1.82, 2.24) is 14.1 Å². The molecule has 9 nitrogen and oxygen atoms in total. The molecule has 0 aliphatic carbocycles. The van der Waals surface area contributed by atoms with Crippen molar-refractivity contribution in [3.8, 4) is 0 Å². The molecule has 20 heavy (non-hydrogen) atoms. The van der Waals surface area contributed by atoms with Crippen LogP contribution in [0.1, 0.15) is 19.3 Å². The van der Waals surface area contributed by atoms with Crippen LogP contribution in [0.2, 0.25) is 0 Å². The molecule has 1 fully saturated rings. The van der Waals surface area contributed by atoms with Gasteiger partial charge in [-0.15, -0.1) is 0 Å². The lowest BCUT2D eigenvalue weighted by atomic mass is 10.2. The average Bonchev–Trinajstić information content (AvgIpc) is 2.70. The van der Waals surface area contributed by atoms with E-state index in [0.29, 0.717) is 13.1 Å². The summed E-state index contributed by atoms with van der Waals surface area (Å²) in [6, 6.07) is 0. The highest BCUT2D eigenvalue weighted by atomic mass is 32.2. The number of nitrogens with two attached hydrogens (primary N) is 1. The van der Waals surface area contributed by atoms with Crippen molar-refractivity contribution in [3.05, 3.63) is 6.20 Å². The van der Waals surface area contributed by atoms with Crippen LogP contribution in [0.3, 0.4) is 0 Å². The van der Waals surface area contributed by atoms with Crippen molar-refractivity contribution in [3.63, 3.8) is 0 Å². The Morgan fingerprint density at radius 2 is 1.80 bits per heavy atom. The maximum absolute atomic E-state index is 12.2. The standard InChI is InChI=1S/C9H17N5O4S2/c1-13-7-8(19(10,15)16)9(11-13)12-20(17,18)14-5-3-2-4-6-14/h7H,2-6H2,1H3,(H,11,12)(H2,10,15,16). The quantitative estimate of drug-likeness (QED) is 0.750. The average molecular weight is 323 g/mol. The highest BCUT2D eigenvalue weighted by Crippen LogP contribution is 2.21. The van der Waals surface area contributed by atoms with E-state index in [2.05, 4.69) is 9.82 Å². The Morgan fingerprint density at radius 1 is 1.20 bits per heavy atom. The largest absolute Gasteiger partial charge is 0.302 e. The first-order valence-corrected chi connectivity index (χ1v) is 9.03. The van der Waals surface area contributed by atoms with Crippen molar-refractivity contribution in [2.24, 2.45) is 12.2 Å². The third kappa shape index (κ3) is 3.29. The first kappa shape index (κ1) is 15.2. The van der Waals surface area contributed by atoms with Crippen LogP contribution in [-0.2, 0) is 27.3 Å². The van der Waals surface area contributed by atoms with Gasteiger partial charge in [-0.3, -0.25) is 9.40 Å². The summed E-state index contributed by atoms with van der Waals surface area (Å²) in [6.07, 6.45) is 3.71. The van der Waals surface area contributed by atoms with E-state index in [1.54, 1.807) is 0 Å². The maximum atomic E-state index is 12.2. The minimum atomic E-state index is -4.04. The molecule has 0 bridgehead atoms. The molecule has 1 aromatic heterocycles. The summed E-state index contributed by atoms with van der Waals surface area (Å²) in [5.74, 6) is -0.277. The van der Waals surface area contributed by atoms with Gasteiger partial charge in [0.25, 0.3) is 0 Å². The molecule has 114 valence electrons. The van der Waals surface area contributed by atoms with Gasteiger partial charge in [0.2, 0.25) is 10.0 Å². The van der Waals surface area contributed by atoms with Gasteiger partial charge >= 0.3 is 10.2 Å². The zero-order valence-corrected chi connectivity index (χ0v) is 12.6. The molecule has 1 aromatic rings. The molecule has 0 spiro atoms. The number of nitrogens with one attached hydrogen (secondary N) is 1. The minimum Gasteiger partial charge on any atom is -0.272 e. The molecule has 0 atom stereocenters. The van der Waals surface area contributed by atoms with Crippen LogP contribution in [0.4, 0.5) is 5.82 Å². The van der Waals surface area contributed by atoms with Crippen LogP contribution < -0.4 is 9.86 Å². The van der Waals surface area contributed by atoms with Crippen molar-refractivity contribution < 1.29 is 16.8 Å². The fourth-order valence-electron chi connectivity index (χ4n) is 2.04. The lowest BCUT2D eigenvalue weighted by Gasteiger charge is -2.25. The molecular weight excluding hydrogens is 306 g/mol. The Labute approximate surface area is 118 Å². The lowest BCUT2D eigenvalue weighted by molar-refractivity contribution is 0.349. The smallest absolute Gasteiger partial charge is 0.272 e. The predicted molar refractivity (Wildman–Crippen MR) is 72.5 cm³/mol. The van der Waals surface area contributed by atoms with Gasteiger partial charge < -0.3 is 0 Å². The fourth-order valence-corrected chi connectivity index (χ4v) is 4.03. The van der Waals surface area contributed by atoms with Crippen LogP contribution >= 0.6 is 0 Å². The van der Waals surface area contributed by atoms with Crippen molar-refractivity contribution in [2.45, 2.75) is 24.2 Å². The molecule has 0 unspecified atom stereocenters. The van der Waals surface area contributed by atoms with E-state index in [4.69, 9.17) is 5.14 Å². The predicted octanol–water partition coefficient (Wildman–Crippen LogP) is -0.790. The number of piperidine rings is 1. The molecule has 0 aromatic carbocycles. The third-order valence-corrected chi connectivity index (χ3v) is 5.39. The van der Waals surface area contributed by atoms with E-state index in [9.17, 15) is 16.8 Å². The molecule has 0 saturated carbocycles. The highest BCUT2D eigenvalue weighted by Gasteiger charge is 2.27. The van der Waals surface area contributed by atoms with Crippen LogP contribution in [0.15, 0.2) is 11.1 Å². The molecule has 2 rings (SSSR count). The summed E-state index contributed by atoms with van der Waals surface area (Å²) < 4.78 is 51.8. The second-order valence-corrected chi connectivity index (χ2v) is 7.83. The number of hydrogen-bond acceptors (Lipinski definition) is 5. The van der Waals surface area contributed by atoms with Crippen LogP contribution in [-0.4, -0.2) is 44.0 Å². The number of primary sulfonamides is 1. The van der Waals surface area contributed by atoms with E-state index >= 15 is 0 Å². The molecule has 0 radical (unpaired) electrons. The zero-order valence-electron chi connectivity index (χ0n) is 11.0. The number of nitrogens with zero attached hydrogens (tertiary/aromatic N) is 3. The van der Waals surface area contributed by atoms with Gasteiger partial charge in [0, 0.05) is 26.3 Å². The Bertz CT molecular complexity index is 688. The summed E-state index contributed by atoms with van der Waals surface area (Å²) in [5, 5.41) is 8.84. The number of hydrogen-bond donors (Lipinski definition) is 2. The van der Waals surface area contributed by atoms with Gasteiger partial charge in [0.05, 0.1) is 0 Å². The second kappa shape index (κ2) is 5.31. The highest BCUT2D eigenvalue weighted by molar-refractivity contribution is 7.91. The summed E-state index contributed by atoms with van der Waals surface area (Å²) in [6.45, 7) is 0.819. The van der Waals surface area contributed by atoms with Gasteiger partial charge in [-0.1, -0.05) is 6.42 Å². The molecule has 1 saturated heterocycles. The third-order valence-electron chi connectivity index (χ3n) is 2.98. The molecule has 11 heteroatoms. The molecule has 3 N–H and O–H groups in total. The van der Waals surface area contributed by atoms with E-state index in [0.717, 1.165) is 25.5 Å². The first-order chi connectivity index (χ1) is 9.20. The minimum absolute atomic E-state index is 0.277. The van der Waals surface area contributed by atoms with Crippen LogP contribution in [0.5, 0.6) is 0 Å². The number of sulfonamides is 1. The van der Waals surface area contributed by atoms with E-state index in [1.807, 2.05) is 0 Å².